The molecule has 5 heterocycles. The number of amides is 5. The summed E-state index contributed by atoms with van der Waals surface area (Å²) < 4.78 is 28.5. The molecule has 0 aliphatic carbocycles. The van der Waals surface area contributed by atoms with Gasteiger partial charge in [-0.05, 0) is 50.8 Å². The van der Waals surface area contributed by atoms with Crippen molar-refractivity contribution in [3.05, 3.63) is 52.6 Å². The summed E-state index contributed by atoms with van der Waals surface area (Å²) in [5.41, 5.74) is 8.56. The van der Waals surface area contributed by atoms with Gasteiger partial charge in [0.2, 0.25) is 17.7 Å². The molecule has 0 radical (unpaired) electrons. The molecule has 4 saturated heterocycles. The third-order valence-corrected chi connectivity index (χ3v) is 14.5. The number of halogens is 2. The fourth-order valence-corrected chi connectivity index (χ4v) is 10.5. The lowest BCUT2D eigenvalue weighted by molar-refractivity contribution is -0.130. The molecule has 4 fully saturated rings. The number of ether oxygens (including phenoxy) is 5. The number of piperazine rings is 1. The Morgan fingerprint density at radius 1 is 0.843 bits per heavy atom. The second-order valence-electron chi connectivity index (χ2n) is 17.8. The molecule has 4 atom stereocenters. The highest BCUT2D eigenvalue weighted by atomic mass is 35.5. The number of anilines is 2. The maximum Gasteiger partial charge on any atom is 0.315 e. The summed E-state index contributed by atoms with van der Waals surface area (Å²) >= 11 is 14.8. The summed E-state index contributed by atoms with van der Waals surface area (Å²) in [5.74, 6) is 1.01. The molecule has 20 nitrogen and oxygen atoms in total. The maximum atomic E-state index is 13.1. The van der Waals surface area contributed by atoms with Gasteiger partial charge in [0, 0.05) is 85.3 Å². The van der Waals surface area contributed by atoms with E-state index < -0.39 is 6.04 Å². The molecule has 3 aromatic rings. The molecule has 4 aliphatic rings. The number of hydrogen-bond donors (Lipinski definition) is 7. The molecule has 0 bridgehead atoms. The molecule has 2 aromatic carbocycles. The van der Waals surface area contributed by atoms with Crippen LogP contribution in [-0.2, 0) is 33.3 Å². The molecule has 1 aromatic heterocycles. The van der Waals surface area contributed by atoms with Crippen molar-refractivity contribution in [2.45, 2.75) is 80.9 Å². The number of hydrazine groups is 1. The number of rotatable bonds is 31. The Morgan fingerprint density at radius 2 is 1.56 bits per heavy atom. The Balaban J connectivity index is 0.680. The number of thioether (sulfide) groups is 1. The first kappa shape index (κ1) is 53.4. The van der Waals surface area contributed by atoms with Crippen LogP contribution >= 0.6 is 35.0 Å². The molecule has 7 rings (SSSR count). The van der Waals surface area contributed by atoms with Crippen LogP contribution in [0.2, 0.25) is 10.0 Å². The van der Waals surface area contributed by atoms with Crippen molar-refractivity contribution < 1.29 is 42.9 Å². The maximum absolute atomic E-state index is 13.1. The minimum Gasteiger partial charge on any atom is -0.491 e. The number of hydrogen-bond acceptors (Lipinski definition) is 16. The van der Waals surface area contributed by atoms with E-state index in [4.69, 9.17) is 46.9 Å². The van der Waals surface area contributed by atoms with Gasteiger partial charge in [0.25, 0.3) is 0 Å². The van der Waals surface area contributed by atoms with E-state index in [0.29, 0.717) is 98.6 Å². The fraction of sp³-hybridized carbons (Fsp3) is 0.617. The van der Waals surface area contributed by atoms with E-state index in [0.717, 1.165) is 68.0 Å². The molecule has 4 aliphatic heterocycles. The molecule has 7 N–H and O–H groups in total. The first-order valence-corrected chi connectivity index (χ1v) is 26.0. The van der Waals surface area contributed by atoms with Gasteiger partial charge in [-0.3, -0.25) is 14.4 Å². The predicted molar refractivity (Wildman–Crippen MR) is 270 cm³/mol. The number of carbonyl (C=O) groups is 4. The number of carbonyl (C=O) groups excluding carboxylic acids is 4. The molecular weight excluding hydrogens is 966 g/mol. The number of benzene rings is 2. The van der Waals surface area contributed by atoms with Crippen LogP contribution in [0.4, 0.5) is 16.2 Å². The third-order valence-electron chi connectivity index (χ3n) is 12.5. The van der Waals surface area contributed by atoms with Gasteiger partial charge in [-0.25, -0.2) is 15.6 Å². The van der Waals surface area contributed by atoms with Gasteiger partial charge >= 0.3 is 6.03 Å². The molecule has 0 unspecified atom stereocenters. The molecule has 70 heavy (non-hydrogen) atoms. The lowest BCUT2D eigenvalue weighted by Crippen LogP contribution is -2.48. The highest BCUT2D eigenvalue weighted by Gasteiger charge is 2.42. The lowest BCUT2D eigenvalue weighted by Gasteiger charge is -2.37. The van der Waals surface area contributed by atoms with Crippen LogP contribution in [0.5, 0.6) is 5.75 Å². The van der Waals surface area contributed by atoms with Crippen molar-refractivity contribution in [3.8, 4) is 5.75 Å². The Bertz CT molecular complexity index is 2190. The van der Waals surface area contributed by atoms with E-state index in [1.807, 2.05) is 49.0 Å². The monoisotopic (exact) mass is 1030 g/mol. The zero-order valence-corrected chi connectivity index (χ0v) is 42.1. The van der Waals surface area contributed by atoms with Crippen molar-refractivity contribution in [2.75, 3.05) is 114 Å². The third kappa shape index (κ3) is 16.8. The fourth-order valence-electron chi connectivity index (χ4n) is 8.53. The summed E-state index contributed by atoms with van der Waals surface area (Å²) in [5, 5.41) is 25.5. The van der Waals surface area contributed by atoms with Crippen LogP contribution in [0, 0.1) is 0 Å². The first-order valence-electron chi connectivity index (χ1n) is 24.2. The largest absolute Gasteiger partial charge is 0.491 e. The van der Waals surface area contributed by atoms with Gasteiger partial charge in [0.15, 0.2) is 0 Å². The van der Waals surface area contributed by atoms with Crippen molar-refractivity contribution in [3.63, 3.8) is 0 Å². The zero-order valence-electron chi connectivity index (χ0n) is 39.7. The number of unbranched alkanes of at least 4 members (excludes halogenated alkanes) is 1. The van der Waals surface area contributed by atoms with Crippen LogP contribution in [0.3, 0.4) is 0 Å². The Labute approximate surface area is 423 Å². The molecule has 384 valence electrons. The molecule has 5 amide bonds. The van der Waals surface area contributed by atoms with Crippen LogP contribution < -0.4 is 52.0 Å². The Morgan fingerprint density at radius 3 is 2.33 bits per heavy atom. The van der Waals surface area contributed by atoms with Crippen LogP contribution in [-0.4, -0.2) is 167 Å². The second kappa shape index (κ2) is 27.4. The van der Waals surface area contributed by atoms with Gasteiger partial charge in [0.1, 0.15) is 23.9 Å². The predicted octanol–water partition coefficient (Wildman–Crippen LogP) is 3.15. The molecule has 0 spiro atoms. The smallest absolute Gasteiger partial charge is 0.315 e. The number of fused-ring (bicyclic) bond motifs is 2. The molecular formula is C47H67Cl2N11O9S. The van der Waals surface area contributed by atoms with Gasteiger partial charge < -0.3 is 60.1 Å². The summed E-state index contributed by atoms with van der Waals surface area (Å²) in [6.07, 6.45) is 6.12. The Hall–Kier alpha value is -4.45. The summed E-state index contributed by atoms with van der Waals surface area (Å²) in [7, 11) is 0. The number of urea groups is 1. The summed E-state index contributed by atoms with van der Waals surface area (Å²) in [6.45, 7) is 8.63. The average Bonchev–Trinajstić information content (AvgIpc) is 3.81. The van der Waals surface area contributed by atoms with Gasteiger partial charge in [-0.2, -0.15) is 16.9 Å². The van der Waals surface area contributed by atoms with E-state index in [2.05, 4.69) is 57.4 Å². The van der Waals surface area contributed by atoms with Gasteiger partial charge in [0.05, 0.1) is 87.5 Å². The summed E-state index contributed by atoms with van der Waals surface area (Å²) in [6, 6.07) is 11.1. The number of aromatic nitrogens is 2. The normalized spacial score (nSPS) is 19.6. The zero-order chi connectivity index (χ0) is 49.1. The van der Waals surface area contributed by atoms with E-state index >= 15 is 0 Å². The minimum absolute atomic E-state index is 0.00717. The van der Waals surface area contributed by atoms with E-state index in [-0.39, 0.29) is 67.7 Å². The van der Waals surface area contributed by atoms with E-state index in [9.17, 15) is 19.2 Å². The average molecular weight is 1030 g/mol. The lowest BCUT2D eigenvalue weighted by atomic mass is 10.0. The Kier molecular flexibility index (Phi) is 20.9. The van der Waals surface area contributed by atoms with Crippen LogP contribution in [0.15, 0.2) is 42.6 Å². The number of nitrogens with one attached hydrogen (secondary N) is 7. The van der Waals surface area contributed by atoms with Crippen molar-refractivity contribution in [1.82, 2.24) is 47.6 Å². The highest BCUT2D eigenvalue weighted by molar-refractivity contribution is 8.00. The SMILES string of the molecule is CC1(CC[C@H](NC(=O)CCOCCOCCNC(=O)CCCC[C@@H]2SC[C@@H]3NC(=O)N[C@@H]32)C(=O)NCCOCCOCCOc2cc(Cl)cc(N3CCN(c4cnnc5c(Cl)cccc45)CC3)c2)NN1. The van der Waals surface area contributed by atoms with Gasteiger partial charge in [-0.1, -0.05) is 41.8 Å². The van der Waals surface area contributed by atoms with Crippen molar-refractivity contribution in [1.29, 1.82) is 0 Å². The number of nitrogens with zero attached hydrogens (tertiary/aromatic N) is 4. The van der Waals surface area contributed by atoms with Crippen molar-refractivity contribution >= 4 is 81.0 Å². The molecule has 0 saturated carbocycles. The van der Waals surface area contributed by atoms with Crippen LogP contribution in [0.25, 0.3) is 10.9 Å². The van der Waals surface area contributed by atoms with Crippen molar-refractivity contribution in [2.24, 2.45) is 0 Å². The quantitative estimate of drug-likeness (QED) is 0.0278. The minimum atomic E-state index is -0.721. The highest BCUT2D eigenvalue weighted by Crippen LogP contribution is 2.34. The standard InChI is InChI=1S/C47H67Cl2N11O9S/c1-47(57-58-47)11-9-37(53-42(62)10-18-65-21-22-66-19-12-50-41(61)8-3-2-7-40-44-38(31-70-40)54-46(64)55-44)45(63)51-13-20-67-23-24-68-25-26-69-34-28-32(48)27-33(29-34)59-14-16-60(17-15-59)39-30-52-56-43-35(39)5-4-6-36(43)49/h4-6,27-30,37-38,40,44,57-58H,2-3,7-26,31H2,1H3,(H,50,61)(H,51,63)(H,53,62)(H2,54,55,64)/t37-,38-,40-,44-/m0/s1. The summed E-state index contributed by atoms with van der Waals surface area (Å²) in [4.78, 5) is 54.3. The first-order chi connectivity index (χ1) is 34.0. The van der Waals surface area contributed by atoms with E-state index in [1.165, 1.54) is 0 Å². The van der Waals surface area contributed by atoms with Crippen LogP contribution in [0.1, 0.15) is 51.9 Å². The topological polar surface area (TPSA) is 251 Å². The second-order valence-corrected chi connectivity index (χ2v) is 19.9. The van der Waals surface area contributed by atoms with Gasteiger partial charge in [-0.15, -0.1) is 5.10 Å². The van der Waals surface area contributed by atoms with E-state index in [1.54, 1.807) is 12.3 Å². The molecule has 23 heteroatoms.